The highest BCUT2D eigenvalue weighted by Crippen LogP contribution is 2.44. The Labute approximate surface area is 165 Å². The van der Waals surface area contributed by atoms with Crippen LogP contribution < -0.4 is 4.90 Å². The Morgan fingerprint density at radius 3 is 2.59 bits per heavy atom. The summed E-state index contributed by atoms with van der Waals surface area (Å²) in [6, 6.07) is 17.5. The van der Waals surface area contributed by atoms with E-state index in [0.717, 1.165) is 4.88 Å². The molecule has 0 aliphatic carbocycles. The number of carbonyl (C=O) groups excluding carboxylic acids is 2. The van der Waals surface area contributed by atoms with E-state index in [9.17, 15) is 14.7 Å². The number of hydrogen-bond acceptors (Lipinski definition) is 4. The minimum atomic E-state index is -1.93. The number of rotatable bonds is 5. The molecule has 0 saturated carbocycles. The van der Waals surface area contributed by atoms with Crippen LogP contribution in [0, 0.1) is 0 Å². The van der Waals surface area contributed by atoms with Crippen molar-refractivity contribution in [2.45, 2.75) is 18.6 Å². The van der Waals surface area contributed by atoms with Crippen molar-refractivity contribution in [2.24, 2.45) is 0 Å². The molecule has 1 amide bonds. The molecule has 1 aromatic heterocycles. The maximum atomic E-state index is 13.2. The molecule has 0 bridgehead atoms. The summed E-state index contributed by atoms with van der Waals surface area (Å²) in [5, 5.41) is 13.6. The first-order chi connectivity index (χ1) is 13.0. The Bertz CT molecular complexity index is 1000. The molecular weight excluding hydrogens is 382 g/mol. The minimum absolute atomic E-state index is 0.296. The number of aliphatic hydroxyl groups is 1. The Balaban J connectivity index is 1.73. The zero-order valence-corrected chi connectivity index (χ0v) is 15.8. The van der Waals surface area contributed by atoms with Crippen molar-refractivity contribution in [2.75, 3.05) is 4.90 Å². The van der Waals surface area contributed by atoms with Crippen molar-refractivity contribution in [3.63, 3.8) is 0 Å². The normalized spacial score (nSPS) is 18.6. The number of amides is 1. The van der Waals surface area contributed by atoms with Crippen LogP contribution in [0.25, 0.3) is 0 Å². The van der Waals surface area contributed by atoms with Gasteiger partial charge in [-0.25, -0.2) is 0 Å². The van der Waals surface area contributed by atoms with Gasteiger partial charge in [0.1, 0.15) is 0 Å². The van der Waals surface area contributed by atoms with Crippen LogP contribution in [0.1, 0.15) is 27.2 Å². The van der Waals surface area contributed by atoms with E-state index < -0.39 is 11.5 Å². The maximum absolute atomic E-state index is 13.2. The lowest BCUT2D eigenvalue weighted by Gasteiger charge is -2.22. The Hall–Kier alpha value is -2.47. The lowest BCUT2D eigenvalue weighted by atomic mass is 9.88. The molecule has 2 aromatic carbocycles. The van der Waals surface area contributed by atoms with E-state index in [1.54, 1.807) is 42.5 Å². The highest BCUT2D eigenvalue weighted by Gasteiger charge is 2.51. The van der Waals surface area contributed by atoms with Gasteiger partial charge in [-0.15, -0.1) is 11.3 Å². The molecule has 1 aliphatic heterocycles. The summed E-state index contributed by atoms with van der Waals surface area (Å²) in [5.41, 5.74) is -0.509. The third kappa shape index (κ3) is 3.18. The molecule has 2 heterocycles. The van der Waals surface area contributed by atoms with Gasteiger partial charge < -0.3 is 10.0 Å². The Morgan fingerprint density at radius 1 is 1.11 bits per heavy atom. The number of nitrogens with zero attached hydrogens (tertiary/aromatic N) is 1. The first-order valence-electron chi connectivity index (χ1n) is 8.44. The number of hydrogen-bond donors (Lipinski definition) is 1. The highest BCUT2D eigenvalue weighted by molar-refractivity contribution is 7.09. The number of Topliss-reactive ketones (excluding diaryl/α,β-unsaturated/α-hetero) is 1. The van der Waals surface area contributed by atoms with E-state index in [-0.39, 0.29) is 12.2 Å². The summed E-state index contributed by atoms with van der Waals surface area (Å²) >= 11 is 7.65. The lowest BCUT2D eigenvalue weighted by Crippen LogP contribution is -2.41. The fraction of sp³-hybridized carbons (Fsp3) is 0.143. The van der Waals surface area contributed by atoms with Crippen LogP contribution in [0.3, 0.4) is 0 Å². The highest BCUT2D eigenvalue weighted by atomic mass is 35.5. The van der Waals surface area contributed by atoms with Crippen LogP contribution >= 0.6 is 22.9 Å². The second kappa shape index (κ2) is 6.93. The number of fused-ring (bicyclic) bond motifs is 1. The number of ketones is 1. The molecule has 0 saturated heterocycles. The first-order valence-corrected chi connectivity index (χ1v) is 9.70. The van der Waals surface area contributed by atoms with E-state index in [2.05, 4.69) is 0 Å². The number of anilines is 1. The SMILES string of the molecule is O=C(C[C@]1(O)C(=O)N(Cc2cccs2)c2ccc(Cl)cc21)c1ccccc1. The fourth-order valence-electron chi connectivity index (χ4n) is 3.37. The largest absolute Gasteiger partial charge is 0.375 e. The Kier molecular flexibility index (Phi) is 4.60. The van der Waals surface area contributed by atoms with Gasteiger partial charge in [0.15, 0.2) is 11.4 Å². The van der Waals surface area contributed by atoms with Crippen LogP contribution in [0.5, 0.6) is 0 Å². The number of thiophene rings is 1. The predicted octanol–water partition coefficient (Wildman–Crippen LogP) is 4.41. The first kappa shape index (κ1) is 17.9. The zero-order chi connectivity index (χ0) is 19.0. The number of benzene rings is 2. The summed E-state index contributed by atoms with van der Waals surface area (Å²) < 4.78 is 0. The van der Waals surface area contributed by atoms with E-state index in [4.69, 9.17) is 11.6 Å². The fourth-order valence-corrected chi connectivity index (χ4v) is 4.23. The molecule has 27 heavy (non-hydrogen) atoms. The average molecular weight is 398 g/mol. The summed E-state index contributed by atoms with van der Waals surface area (Å²) in [6.07, 6.45) is -0.329. The number of halogens is 1. The van der Waals surface area contributed by atoms with Crippen LogP contribution in [-0.2, 0) is 16.9 Å². The molecule has 6 heteroatoms. The summed E-state index contributed by atoms with van der Waals surface area (Å²) in [6.45, 7) is 0.340. The molecule has 4 rings (SSSR count). The van der Waals surface area contributed by atoms with Crippen molar-refractivity contribution in [1.29, 1.82) is 0 Å². The maximum Gasteiger partial charge on any atom is 0.264 e. The van der Waals surface area contributed by atoms with Gasteiger partial charge in [0.25, 0.3) is 5.91 Å². The molecule has 136 valence electrons. The lowest BCUT2D eigenvalue weighted by molar-refractivity contribution is -0.136. The molecule has 3 aromatic rings. The standard InChI is InChI=1S/C21H16ClNO3S/c22-15-8-9-18-17(11-15)21(26,12-19(24)14-5-2-1-3-6-14)20(25)23(18)13-16-7-4-10-27-16/h1-11,26H,12-13H2/t21-/m1/s1. The van der Waals surface area contributed by atoms with Gasteiger partial charge in [0.2, 0.25) is 0 Å². The van der Waals surface area contributed by atoms with Crippen molar-refractivity contribution < 1.29 is 14.7 Å². The van der Waals surface area contributed by atoms with Crippen LogP contribution in [0.15, 0.2) is 66.0 Å². The van der Waals surface area contributed by atoms with Gasteiger partial charge in [0, 0.05) is 21.0 Å². The molecule has 1 aliphatic rings. The average Bonchev–Trinajstić information content (AvgIpc) is 3.25. The third-order valence-corrected chi connectivity index (χ3v) is 5.80. The minimum Gasteiger partial charge on any atom is -0.375 e. The molecule has 0 radical (unpaired) electrons. The molecule has 1 N–H and O–H groups in total. The number of carbonyl (C=O) groups is 2. The molecule has 0 spiro atoms. The summed E-state index contributed by atoms with van der Waals surface area (Å²) in [7, 11) is 0. The van der Waals surface area contributed by atoms with Crippen molar-refractivity contribution in [1.82, 2.24) is 0 Å². The van der Waals surface area contributed by atoms with Crippen LogP contribution in [0.4, 0.5) is 5.69 Å². The van der Waals surface area contributed by atoms with E-state index in [1.165, 1.54) is 16.2 Å². The summed E-state index contributed by atoms with van der Waals surface area (Å²) in [5.74, 6) is -0.798. The molecule has 0 unspecified atom stereocenters. The summed E-state index contributed by atoms with van der Waals surface area (Å²) in [4.78, 5) is 28.4. The van der Waals surface area contributed by atoms with Crippen molar-refractivity contribution in [3.05, 3.63) is 87.1 Å². The Morgan fingerprint density at radius 2 is 1.89 bits per heavy atom. The van der Waals surface area contributed by atoms with Crippen LogP contribution in [0.2, 0.25) is 5.02 Å². The molecule has 1 atom stereocenters. The molecule has 4 nitrogen and oxygen atoms in total. The van der Waals surface area contributed by atoms with Gasteiger partial charge in [-0.1, -0.05) is 48.0 Å². The van der Waals surface area contributed by atoms with E-state index in [0.29, 0.717) is 28.4 Å². The monoisotopic (exact) mass is 397 g/mol. The van der Waals surface area contributed by atoms with Crippen molar-refractivity contribution in [3.8, 4) is 0 Å². The van der Waals surface area contributed by atoms with Gasteiger partial charge >= 0.3 is 0 Å². The predicted molar refractivity (Wildman–Crippen MR) is 106 cm³/mol. The third-order valence-electron chi connectivity index (χ3n) is 4.70. The van der Waals surface area contributed by atoms with Gasteiger partial charge in [-0.3, -0.25) is 9.59 Å². The van der Waals surface area contributed by atoms with E-state index >= 15 is 0 Å². The van der Waals surface area contributed by atoms with Crippen LogP contribution in [-0.4, -0.2) is 16.8 Å². The molecule has 0 fully saturated rings. The second-order valence-electron chi connectivity index (χ2n) is 6.46. The molecular formula is C21H16ClNO3S. The quantitative estimate of drug-likeness (QED) is 0.649. The van der Waals surface area contributed by atoms with Gasteiger partial charge in [-0.05, 0) is 29.6 Å². The second-order valence-corrected chi connectivity index (χ2v) is 7.93. The topological polar surface area (TPSA) is 57.6 Å². The van der Waals surface area contributed by atoms with Gasteiger partial charge in [0.05, 0.1) is 18.7 Å². The van der Waals surface area contributed by atoms with Crippen molar-refractivity contribution >= 4 is 40.3 Å². The zero-order valence-electron chi connectivity index (χ0n) is 14.3. The van der Waals surface area contributed by atoms with E-state index in [1.807, 2.05) is 23.6 Å². The smallest absolute Gasteiger partial charge is 0.264 e. The van der Waals surface area contributed by atoms with Gasteiger partial charge in [-0.2, -0.15) is 0 Å².